The fourth-order valence-electron chi connectivity index (χ4n) is 2.19. The predicted octanol–water partition coefficient (Wildman–Crippen LogP) is 3.67. The van der Waals surface area contributed by atoms with Crippen molar-refractivity contribution >= 4 is 18.0 Å². The van der Waals surface area contributed by atoms with Crippen molar-refractivity contribution in [3.63, 3.8) is 0 Å². The lowest BCUT2D eigenvalue weighted by Gasteiger charge is -2.14. The Balaban J connectivity index is 2.48. The fraction of sp³-hybridized carbons (Fsp3) is 0.158. The molecule has 10 heteroatoms. The van der Waals surface area contributed by atoms with Crippen LogP contribution in [0.5, 0.6) is 17.2 Å². The average molecular weight is 412 g/mol. The van der Waals surface area contributed by atoms with Crippen LogP contribution in [-0.2, 0) is 14.3 Å². The lowest BCUT2D eigenvalue weighted by atomic mass is 10.1. The molecule has 7 nitrogen and oxygen atoms in total. The Bertz CT molecular complexity index is 936. The van der Waals surface area contributed by atoms with Gasteiger partial charge in [-0.3, -0.25) is 0 Å². The van der Waals surface area contributed by atoms with Crippen molar-refractivity contribution in [2.75, 3.05) is 14.2 Å². The number of carbonyl (C=O) groups excluding carboxylic acids is 2. The number of carbonyl (C=O) groups is 2. The summed E-state index contributed by atoms with van der Waals surface area (Å²) in [5, 5.41) is 10.2. The summed E-state index contributed by atoms with van der Waals surface area (Å²) >= 11 is 0. The molecule has 0 aliphatic rings. The minimum Gasteiger partial charge on any atom is -0.504 e. The molecule has 0 aromatic heterocycles. The fourth-order valence-corrected chi connectivity index (χ4v) is 2.19. The second-order valence-electron chi connectivity index (χ2n) is 5.33. The van der Waals surface area contributed by atoms with Gasteiger partial charge in [-0.05, 0) is 24.3 Å². The maximum absolute atomic E-state index is 12.6. The van der Waals surface area contributed by atoms with Crippen molar-refractivity contribution in [2.24, 2.45) is 0 Å². The number of halogens is 3. The molecule has 29 heavy (non-hydrogen) atoms. The third-order valence-electron chi connectivity index (χ3n) is 3.44. The number of benzene rings is 2. The van der Waals surface area contributed by atoms with Gasteiger partial charge in [-0.2, -0.15) is 0 Å². The van der Waals surface area contributed by atoms with Gasteiger partial charge in [0.1, 0.15) is 11.3 Å². The first-order chi connectivity index (χ1) is 13.7. The van der Waals surface area contributed by atoms with Crippen LogP contribution in [0.1, 0.15) is 15.9 Å². The van der Waals surface area contributed by atoms with Gasteiger partial charge in [0.25, 0.3) is 0 Å². The summed E-state index contributed by atoms with van der Waals surface area (Å²) in [7, 11) is 2.13. The molecular formula is C19H15F3O7. The first kappa shape index (κ1) is 21.6. The highest BCUT2D eigenvalue weighted by molar-refractivity contribution is 5.94. The molecule has 0 atom stereocenters. The van der Waals surface area contributed by atoms with Crippen LogP contribution in [0.2, 0.25) is 0 Å². The van der Waals surface area contributed by atoms with Crippen LogP contribution in [0.15, 0.2) is 48.2 Å². The third-order valence-corrected chi connectivity index (χ3v) is 3.44. The Labute approximate surface area is 162 Å². The van der Waals surface area contributed by atoms with E-state index < -0.39 is 35.6 Å². The number of rotatable bonds is 6. The zero-order chi connectivity index (χ0) is 21.6. The van der Waals surface area contributed by atoms with E-state index in [1.807, 2.05) is 0 Å². The smallest absolute Gasteiger partial charge is 0.504 e. The Morgan fingerprint density at radius 2 is 1.62 bits per heavy atom. The van der Waals surface area contributed by atoms with Crippen molar-refractivity contribution < 1.29 is 46.8 Å². The zero-order valence-corrected chi connectivity index (χ0v) is 15.1. The first-order valence-electron chi connectivity index (χ1n) is 7.89. The standard InChI is InChI=1S/C19H15F3O7/c1-26-17(24)12-7-5-9-14(16(12)23)28-15(18(25)27-2)10-11-6-3-4-8-13(11)29-19(20,21)22/h3-10,23H,1-2H3/b15-10-. The summed E-state index contributed by atoms with van der Waals surface area (Å²) in [6, 6.07) is 8.85. The zero-order valence-electron chi connectivity index (χ0n) is 15.1. The Hall–Kier alpha value is -3.69. The van der Waals surface area contributed by atoms with Gasteiger partial charge < -0.3 is 24.1 Å². The van der Waals surface area contributed by atoms with Gasteiger partial charge in [-0.15, -0.1) is 13.2 Å². The summed E-state index contributed by atoms with van der Waals surface area (Å²) in [5.74, 6) is -4.01. The summed E-state index contributed by atoms with van der Waals surface area (Å²) in [5.41, 5.74) is -0.385. The molecule has 0 aliphatic heterocycles. The van der Waals surface area contributed by atoms with Crippen LogP contribution in [0.3, 0.4) is 0 Å². The topological polar surface area (TPSA) is 91.3 Å². The number of phenolic OH excluding ortho intramolecular Hbond substituents is 1. The van der Waals surface area contributed by atoms with Gasteiger partial charge in [-0.25, -0.2) is 9.59 Å². The highest BCUT2D eigenvalue weighted by Crippen LogP contribution is 2.33. The van der Waals surface area contributed by atoms with Gasteiger partial charge in [0, 0.05) is 5.56 Å². The van der Waals surface area contributed by atoms with Gasteiger partial charge in [0.2, 0.25) is 5.76 Å². The molecule has 0 heterocycles. The largest absolute Gasteiger partial charge is 0.573 e. The molecule has 2 aromatic rings. The van der Waals surface area contributed by atoms with E-state index in [9.17, 15) is 27.9 Å². The van der Waals surface area contributed by atoms with Gasteiger partial charge in [0.15, 0.2) is 11.5 Å². The maximum Gasteiger partial charge on any atom is 0.573 e. The van der Waals surface area contributed by atoms with Crippen LogP contribution < -0.4 is 9.47 Å². The molecule has 0 fully saturated rings. The van der Waals surface area contributed by atoms with E-state index in [0.717, 1.165) is 26.4 Å². The van der Waals surface area contributed by atoms with E-state index in [2.05, 4.69) is 14.2 Å². The number of methoxy groups -OCH3 is 2. The van der Waals surface area contributed by atoms with Crippen LogP contribution >= 0.6 is 0 Å². The maximum atomic E-state index is 12.6. The first-order valence-corrected chi connectivity index (χ1v) is 7.89. The lowest BCUT2D eigenvalue weighted by molar-refractivity contribution is -0.274. The minimum atomic E-state index is -4.96. The number of esters is 2. The molecule has 0 bridgehead atoms. The number of hydrogen-bond acceptors (Lipinski definition) is 7. The number of aromatic hydroxyl groups is 1. The third kappa shape index (κ3) is 5.64. The van der Waals surface area contributed by atoms with Crippen molar-refractivity contribution in [2.45, 2.75) is 6.36 Å². The molecule has 2 rings (SSSR count). The van der Waals surface area contributed by atoms with Crippen molar-refractivity contribution in [3.8, 4) is 17.2 Å². The molecule has 0 aliphatic carbocycles. The summed E-state index contributed by atoms with van der Waals surface area (Å²) in [6.45, 7) is 0. The summed E-state index contributed by atoms with van der Waals surface area (Å²) in [4.78, 5) is 23.7. The predicted molar refractivity (Wildman–Crippen MR) is 93.2 cm³/mol. The van der Waals surface area contributed by atoms with E-state index in [1.54, 1.807) is 0 Å². The number of alkyl halides is 3. The van der Waals surface area contributed by atoms with Crippen LogP contribution in [0.25, 0.3) is 6.08 Å². The Morgan fingerprint density at radius 3 is 2.24 bits per heavy atom. The molecular weight excluding hydrogens is 397 g/mol. The van der Waals surface area contributed by atoms with Crippen molar-refractivity contribution in [1.29, 1.82) is 0 Å². The molecule has 0 saturated heterocycles. The van der Waals surface area contributed by atoms with E-state index in [0.29, 0.717) is 0 Å². The number of para-hydroxylation sites is 2. The molecule has 0 radical (unpaired) electrons. The number of ether oxygens (including phenoxy) is 4. The monoisotopic (exact) mass is 412 g/mol. The SMILES string of the molecule is COC(=O)/C(=C/c1ccccc1OC(F)(F)F)Oc1cccc(C(=O)OC)c1O. The lowest BCUT2D eigenvalue weighted by Crippen LogP contribution is -2.18. The molecule has 0 spiro atoms. The summed E-state index contributed by atoms with van der Waals surface area (Å²) in [6.07, 6.45) is -4.01. The van der Waals surface area contributed by atoms with E-state index in [-0.39, 0.29) is 16.9 Å². The second-order valence-corrected chi connectivity index (χ2v) is 5.33. The van der Waals surface area contributed by atoms with Crippen LogP contribution in [-0.4, -0.2) is 37.6 Å². The Kier molecular flexibility index (Phi) is 6.71. The van der Waals surface area contributed by atoms with Crippen molar-refractivity contribution in [1.82, 2.24) is 0 Å². The van der Waals surface area contributed by atoms with Gasteiger partial charge in [-0.1, -0.05) is 24.3 Å². The van der Waals surface area contributed by atoms with E-state index in [1.165, 1.54) is 36.4 Å². The van der Waals surface area contributed by atoms with E-state index in [4.69, 9.17) is 4.74 Å². The van der Waals surface area contributed by atoms with Crippen LogP contribution in [0, 0.1) is 0 Å². The normalized spacial score (nSPS) is 11.6. The molecule has 1 N–H and O–H groups in total. The molecule has 0 saturated carbocycles. The highest BCUT2D eigenvalue weighted by Gasteiger charge is 2.32. The molecule has 0 amide bonds. The number of hydrogen-bond donors (Lipinski definition) is 1. The quantitative estimate of drug-likeness (QED) is 0.440. The molecule has 0 unspecified atom stereocenters. The minimum absolute atomic E-state index is 0.145. The van der Waals surface area contributed by atoms with Gasteiger partial charge >= 0.3 is 18.3 Å². The molecule has 2 aromatic carbocycles. The van der Waals surface area contributed by atoms with E-state index >= 15 is 0 Å². The molecule has 154 valence electrons. The van der Waals surface area contributed by atoms with Crippen LogP contribution in [0.4, 0.5) is 13.2 Å². The van der Waals surface area contributed by atoms with Crippen molar-refractivity contribution in [3.05, 3.63) is 59.4 Å². The number of phenols is 1. The Morgan fingerprint density at radius 1 is 0.966 bits per heavy atom. The average Bonchev–Trinajstić information content (AvgIpc) is 2.68. The second kappa shape index (κ2) is 9.00. The van der Waals surface area contributed by atoms with Gasteiger partial charge in [0.05, 0.1) is 14.2 Å². The summed E-state index contributed by atoms with van der Waals surface area (Å²) < 4.78 is 56.1. The highest BCUT2D eigenvalue weighted by atomic mass is 19.4.